The van der Waals surface area contributed by atoms with Gasteiger partial charge in [-0.1, -0.05) is 54.0 Å². The van der Waals surface area contributed by atoms with Crippen molar-refractivity contribution in [1.82, 2.24) is 0 Å². The Morgan fingerprint density at radius 1 is 0.958 bits per heavy atom. The molecule has 14 atom stereocenters. The lowest BCUT2D eigenvalue weighted by molar-refractivity contribution is -0.344. The number of aliphatic hydroxyl groups excluding tert-OH is 5. The Balaban J connectivity index is 1.39. The van der Waals surface area contributed by atoms with Crippen molar-refractivity contribution in [1.29, 1.82) is 0 Å². The fraction of sp³-hybridized carbons (Fsp3) is 0.895. The highest BCUT2D eigenvalue weighted by Crippen LogP contribution is 2.76. The molecule has 6 rings (SSSR count). The van der Waals surface area contributed by atoms with Crippen molar-refractivity contribution in [2.24, 2.45) is 50.7 Å². The van der Waals surface area contributed by atoms with Gasteiger partial charge in [-0.3, -0.25) is 9.59 Å². The van der Waals surface area contributed by atoms with Crippen LogP contribution in [0.3, 0.4) is 0 Å². The minimum Gasteiger partial charge on any atom is -0.460 e. The smallest absolute Gasteiger partial charge is 0.302 e. The van der Waals surface area contributed by atoms with E-state index >= 15 is 0 Å². The standard InChI is InChI=1S/C38H60O10/c1-19(2)22-15-23(42)28-21-9-10-27-37(8,36(21,7)14-13-35(22,28)6)12-11-26-34(4,5)32(24(46-20(3)41)16-38(26,27)18-40)48-33-31(45)30(44)29(43)25(17-39)47-33/h19,22,24-27,29-33,39-40,43-45H,9-18H2,1-8H3/t22?,24-,25-,26+,27+,29-,30+,31-,32+,33+,35?,36-,37-,38-/m1/s1. The van der Waals surface area contributed by atoms with E-state index < -0.39 is 66.3 Å². The van der Waals surface area contributed by atoms with E-state index in [1.165, 1.54) is 12.5 Å². The molecule has 5 fully saturated rings. The third-order valence-corrected chi connectivity index (χ3v) is 15.3. The predicted molar refractivity (Wildman–Crippen MR) is 176 cm³/mol. The fourth-order valence-electron chi connectivity index (χ4n) is 12.9. The van der Waals surface area contributed by atoms with Crippen molar-refractivity contribution in [3.05, 3.63) is 11.1 Å². The van der Waals surface area contributed by atoms with E-state index in [0.29, 0.717) is 30.5 Å². The number of esters is 1. The first-order valence-electron chi connectivity index (χ1n) is 18.4. The average Bonchev–Trinajstić information content (AvgIpc) is 3.29. The van der Waals surface area contributed by atoms with Gasteiger partial charge in [0.25, 0.3) is 0 Å². The number of Topliss-reactive ketones (excluding diaryl/α,β-unsaturated/α-hetero) is 1. The second-order valence-corrected chi connectivity index (χ2v) is 18.0. The lowest BCUT2D eigenvalue weighted by Gasteiger charge is -2.71. The normalized spacial score (nSPS) is 50.0. The fourth-order valence-corrected chi connectivity index (χ4v) is 12.9. The molecule has 10 heteroatoms. The molecule has 0 spiro atoms. The Kier molecular flexibility index (Phi) is 9.17. The summed E-state index contributed by atoms with van der Waals surface area (Å²) >= 11 is 0. The third-order valence-electron chi connectivity index (χ3n) is 15.3. The number of aliphatic hydroxyl groups is 5. The highest BCUT2D eigenvalue weighted by molar-refractivity contribution is 6.00. The van der Waals surface area contributed by atoms with Crippen molar-refractivity contribution in [2.45, 2.75) is 150 Å². The number of hydrogen-bond donors (Lipinski definition) is 5. The largest absolute Gasteiger partial charge is 0.460 e. The number of rotatable bonds is 6. The molecule has 1 saturated heterocycles. The molecule has 0 aromatic rings. The van der Waals surface area contributed by atoms with Crippen molar-refractivity contribution < 1.29 is 49.3 Å². The van der Waals surface area contributed by atoms with Crippen LogP contribution in [0.15, 0.2) is 11.1 Å². The van der Waals surface area contributed by atoms with Crippen LogP contribution in [-0.4, -0.2) is 93.4 Å². The number of carbonyl (C=O) groups excluding carboxylic acids is 2. The van der Waals surface area contributed by atoms with E-state index in [1.807, 2.05) is 0 Å². The minimum atomic E-state index is -1.60. The van der Waals surface area contributed by atoms with Gasteiger partial charge in [0.1, 0.15) is 36.6 Å². The van der Waals surface area contributed by atoms with Gasteiger partial charge in [0, 0.05) is 30.9 Å². The summed E-state index contributed by atoms with van der Waals surface area (Å²) in [5.41, 5.74) is 0.659. The maximum atomic E-state index is 13.8. The summed E-state index contributed by atoms with van der Waals surface area (Å²) in [6, 6.07) is 0. The molecule has 10 nitrogen and oxygen atoms in total. The van der Waals surface area contributed by atoms with Gasteiger partial charge in [-0.2, -0.15) is 0 Å². The summed E-state index contributed by atoms with van der Waals surface area (Å²) < 4.78 is 18.3. The van der Waals surface area contributed by atoms with E-state index in [0.717, 1.165) is 44.1 Å². The number of fused-ring (bicyclic) bond motifs is 6. The van der Waals surface area contributed by atoms with Gasteiger partial charge in [-0.15, -0.1) is 0 Å². The van der Waals surface area contributed by atoms with Crippen molar-refractivity contribution in [3.8, 4) is 0 Å². The first-order chi connectivity index (χ1) is 22.3. The molecule has 0 bridgehead atoms. The molecule has 0 radical (unpaired) electrons. The van der Waals surface area contributed by atoms with Crippen molar-refractivity contribution >= 4 is 11.8 Å². The number of allylic oxidation sites excluding steroid dienone is 2. The molecular formula is C38H60O10. The zero-order valence-corrected chi connectivity index (χ0v) is 30.2. The Labute approximate surface area is 285 Å². The van der Waals surface area contributed by atoms with Crippen molar-refractivity contribution in [3.63, 3.8) is 0 Å². The summed E-state index contributed by atoms with van der Waals surface area (Å²) in [6.07, 6.45) is -2.48. The van der Waals surface area contributed by atoms with Gasteiger partial charge in [-0.25, -0.2) is 0 Å². The number of ether oxygens (including phenoxy) is 3. The van der Waals surface area contributed by atoms with Crippen LogP contribution in [0.25, 0.3) is 0 Å². The highest BCUT2D eigenvalue weighted by atomic mass is 16.7. The molecule has 4 saturated carbocycles. The quantitative estimate of drug-likeness (QED) is 0.207. The second-order valence-electron chi connectivity index (χ2n) is 18.0. The predicted octanol–water partition coefficient (Wildman–Crippen LogP) is 3.69. The van der Waals surface area contributed by atoms with E-state index in [4.69, 9.17) is 14.2 Å². The van der Waals surface area contributed by atoms with Crippen LogP contribution in [0.2, 0.25) is 0 Å². The van der Waals surface area contributed by atoms with E-state index in [1.54, 1.807) is 0 Å². The molecule has 0 aromatic carbocycles. The molecule has 1 aliphatic heterocycles. The molecule has 5 aliphatic carbocycles. The minimum absolute atomic E-state index is 0.0418. The second kappa shape index (κ2) is 12.1. The van der Waals surface area contributed by atoms with Gasteiger partial charge in [0.15, 0.2) is 12.1 Å². The third kappa shape index (κ3) is 4.90. The first kappa shape index (κ1) is 36.4. The van der Waals surface area contributed by atoms with Crippen LogP contribution in [0.4, 0.5) is 0 Å². The Morgan fingerprint density at radius 2 is 1.65 bits per heavy atom. The molecule has 0 aromatic heterocycles. The highest BCUT2D eigenvalue weighted by Gasteiger charge is 2.71. The zero-order valence-electron chi connectivity index (χ0n) is 30.2. The van der Waals surface area contributed by atoms with E-state index in [9.17, 15) is 35.1 Å². The molecule has 5 N–H and O–H groups in total. The molecular weight excluding hydrogens is 616 g/mol. The van der Waals surface area contributed by atoms with Crippen molar-refractivity contribution in [2.75, 3.05) is 13.2 Å². The Hall–Kier alpha value is -1.40. The number of ketones is 1. The van der Waals surface area contributed by atoms with Crippen LogP contribution in [0.1, 0.15) is 107 Å². The summed E-state index contributed by atoms with van der Waals surface area (Å²) in [5, 5.41) is 53.1. The van der Waals surface area contributed by atoms with Gasteiger partial charge in [0.05, 0.1) is 6.61 Å². The van der Waals surface area contributed by atoms with Crippen LogP contribution in [0, 0.1) is 50.7 Å². The average molecular weight is 677 g/mol. The molecule has 2 unspecified atom stereocenters. The summed E-state index contributed by atoms with van der Waals surface area (Å²) in [5.74, 6) is 0.674. The SMILES string of the molecule is CC(=O)O[C@@H]1C[C@]2(CO)[C@H]3CCC4=C5C(=O)CC(C(C)C)C5(C)CC[C@@]4(C)[C@]3(C)CC[C@H]2C(C)(C)[C@H]1O[C@@H]1O[C@H](CO)[C@@H](O)[C@H](O)[C@H]1O. The van der Waals surface area contributed by atoms with E-state index in [-0.39, 0.29) is 34.7 Å². The lowest BCUT2D eigenvalue weighted by atomic mass is 9.34. The van der Waals surface area contributed by atoms with Crippen LogP contribution < -0.4 is 0 Å². The molecule has 6 aliphatic rings. The monoisotopic (exact) mass is 676 g/mol. The van der Waals surface area contributed by atoms with Gasteiger partial charge in [0.2, 0.25) is 0 Å². The molecule has 272 valence electrons. The van der Waals surface area contributed by atoms with Gasteiger partial charge in [-0.05, 0) is 90.3 Å². The zero-order chi connectivity index (χ0) is 35.4. The van der Waals surface area contributed by atoms with Crippen LogP contribution >= 0.6 is 0 Å². The van der Waals surface area contributed by atoms with Gasteiger partial charge < -0.3 is 39.7 Å². The first-order valence-corrected chi connectivity index (χ1v) is 18.4. The van der Waals surface area contributed by atoms with Crippen LogP contribution in [-0.2, 0) is 23.8 Å². The lowest BCUT2D eigenvalue weighted by Crippen LogP contribution is -2.70. The van der Waals surface area contributed by atoms with Gasteiger partial charge >= 0.3 is 5.97 Å². The van der Waals surface area contributed by atoms with E-state index in [2.05, 4.69) is 48.5 Å². The summed E-state index contributed by atoms with van der Waals surface area (Å²) in [6.45, 7) is 16.4. The molecule has 1 heterocycles. The maximum Gasteiger partial charge on any atom is 0.302 e. The summed E-state index contributed by atoms with van der Waals surface area (Å²) in [7, 11) is 0. The van der Waals surface area contributed by atoms with Crippen LogP contribution in [0.5, 0.6) is 0 Å². The maximum absolute atomic E-state index is 13.8. The summed E-state index contributed by atoms with van der Waals surface area (Å²) in [4.78, 5) is 26.5. The molecule has 48 heavy (non-hydrogen) atoms. The molecule has 0 amide bonds. The number of hydrogen-bond acceptors (Lipinski definition) is 10. The topological polar surface area (TPSA) is 163 Å². The Bertz CT molecular complexity index is 1320. The number of carbonyl (C=O) groups is 2. The Morgan fingerprint density at radius 3 is 2.25 bits per heavy atom.